The molecule has 1 saturated heterocycles. The highest BCUT2D eigenvalue weighted by Gasteiger charge is 2.26. The van der Waals surface area contributed by atoms with E-state index in [4.69, 9.17) is 4.74 Å². The molecular formula is C19H35N3O4. The molecule has 1 rings (SSSR count). The van der Waals surface area contributed by atoms with Crippen molar-refractivity contribution in [3.63, 3.8) is 0 Å². The number of hydrogen-bond donors (Lipinski definition) is 2. The predicted molar refractivity (Wildman–Crippen MR) is 101 cm³/mol. The van der Waals surface area contributed by atoms with Crippen LogP contribution >= 0.6 is 0 Å². The monoisotopic (exact) mass is 369 g/mol. The summed E-state index contributed by atoms with van der Waals surface area (Å²) in [5.41, 5.74) is -0.597. The summed E-state index contributed by atoms with van der Waals surface area (Å²) in [7, 11) is 0. The van der Waals surface area contributed by atoms with Crippen molar-refractivity contribution < 1.29 is 19.1 Å². The summed E-state index contributed by atoms with van der Waals surface area (Å²) in [5, 5.41) is 5.42. The Kier molecular flexibility index (Phi) is 8.88. The lowest BCUT2D eigenvalue weighted by atomic mass is 10.0. The summed E-state index contributed by atoms with van der Waals surface area (Å²) in [6.07, 6.45) is 4.77. The average Bonchev–Trinajstić information content (AvgIpc) is 2.79. The van der Waals surface area contributed by atoms with Gasteiger partial charge in [-0.1, -0.05) is 26.7 Å². The number of carbonyl (C=O) groups excluding carboxylic acids is 3. The van der Waals surface area contributed by atoms with E-state index in [0.717, 1.165) is 38.8 Å². The SMILES string of the molecule is CC(C)C[C@H](NC(=O)N1CCCCCC1)C(=O)NCC(=O)OC(C)(C)C. The minimum absolute atomic E-state index is 0.204. The second kappa shape index (κ2) is 10.4. The average molecular weight is 370 g/mol. The maximum absolute atomic E-state index is 12.5. The van der Waals surface area contributed by atoms with Crippen LogP contribution in [0.1, 0.15) is 66.7 Å². The van der Waals surface area contributed by atoms with Gasteiger partial charge in [0.15, 0.2) is 0 Å². The molecule has 26 heavy (non-hydrogen) atoms. The van der Waals surface area contributed by atoms with E-state index >= 15 is 0 Å². The molecule has 150 valence electrons. The van der Waals surface area contributed by atoms with Crippen molar-refractivity contribution in [3.8, 4) is 0 Å². The molecule has 0 saturated carbocycles. The Bertz CT molecular complexity index is 478. The third-order valence-electron chi connectivity index (χ3n) is 4.04. The lowest BCUT2D eigenvalue weighted by Crippen LogP contribution is -2.52. The molecule has 0 bridgehead atoms. The first kappa shape index (κ1) is 22.3. The van der Waals surface area contributed by atoms with Crippen LogP contribution in [0.25, 0.3) is 0 Å². The smallest absolute Gasteiger partial charge is 0.325 e. The Balaban J connectivity index is 2.59. The van der Waals surface area contributed by atoms with Gasteiger partial charge in [-0.05, 0) is 46.0 Å². The second-order valence-corrected chi connectivity index (χ2v) is 8.34. The number of carbonyl (C=O) groups is 3. The maximum Gasteiger partial charge on any atom is 0.325 e. The summed E-state index contributed by atoms with van der Waals surface area (Å²) < 4.78 is 5.19. The van der Waals surface area contributed by atoms with E-state index < -0.39 is 17.6 Å². The first-order chi connectivity index (χ1) is 12.1. The molecule has 0 aromatic heterocycles. The fourth-order valence-electron chi connectivity index (χ4n) is 2.88. The number of rotatable bonds is 6. The Morgan fingerprint density at radius 3 is 2.12 bits per heavy atom. The molecule has 1 fully saturated rings. The highest BCUT2D eigenvalue weighted by molar-refractivity contribution is 5.89. The van der Waals surface area contributed by atoms with Gasteiger partial charge >= 0.3 is 12.0 Å². The topological polar surface area (TPSA) is 87.7 Å². The minimum Gasteiger partial charge on any atom is -0.459 e. The summed E-state index contributed by atoms with van der Waals surface area (Å²) in [6.45, 7) is 10.5. The third kappa shape index (κ3) is 9.06. The van der Waals surface area contributed by atoms with Crippen molar-refractivity contribution in [1.29, 1.82) is 0 Å². The van der Waals surface area contributed by atoms with Crippen LogP contribution in [0.3, 0.4) is 0 Å². The van der Waals surface area contributed by atoms with E-state index in [1.165, 1.54) is 0 Å². The second-order valence-electron chi connectivity index (χ2n) is 8.34. The number of esters is 1. The van der Waals surface area contributed by atoms with Crippen LogP contribution in [-0.4, -0.2) is 54.1 Å². The molecule has 0 aliphatic carbocycles. The van der Waals surface area contributed by atoms with Gasteiger partial charge in [-0.25, -0.2) is 4.79 Å². The molecule has 7 nitrogen and oxygen atoms in total. The van der Waals surface area contributed by atoms with Crippen LogP contribution in [0.2, 0.25) is 0 Å². The van der Waals surface area contributed by atoms with Crippen LogP contribution in [0, 0.1) is 5.92 Å². The molecular weight excluding hydrogens is 334 g/mol. The van der Waals surface area contributed by atoms with Crippen molar-refractivity contribution >= 4 is 17.9 Å². The number of nitrogens with zero attached hydrogens (tertiary/aromatic N) is 1. The zero-order valence-electron chi connectivity index (χ0n) is 16.9. The van der Waals surface area contributed by atoms with Gasteiger partial charge in [0.2, 0.25) is 5.91 Å². The van der Waals surface area contributed by atoms with Gasteiger partial charge in [0.1, 0.15) is 18.2 Å². The minimum atomic E-state index is -0.659. The van der Waals surface area contributed by atoms with Gasteiger partial charge in [0.05, 0.1) is 0 Å². The zero-order valence-corrected chi connectivity index (χ0v) is 16.9. The molecule has 3 amide bonds. The van der Waals surface area contributed by atoms with Crippen molar-refractivity contribution in [2.75, 3.05) is 19.6 Å². The summed E-state index contributed by atoms with van der Waals surface area (Å²) in [6, 6.07) is -0.863. The van der Waals surface area contributed by atoms with E-state index in [2.05, 4.69) is 10.6 Å². The Morgan fingerprint density at radius 1 is 1.04 bits per heavy atom. The van der Waals surface area contributed by atoms with Crippen molar-refractivity contribution in [2.45, 2.75) is 78.4 Å². The number of nitrogens with one attached hydrogen (secondary N) is 2. The lowest BCUT2D eigenvalue weighted by molar-refractivity contribution is -0.154. The summed E-state index contributed by atoms with van der Waals surface area (Å²) in [4.78, 5) is 38.6. The molecule has 7 heteroatoms. The van der Waals surface area contributed by atoms with Crippen molar-refractivity contribution in [2.24, 2.45) is 5.92 Å². The Labute approximate surface area is 157 Å². The van der Waals surface area contributed by atoms with E-state index in [1.54, 1.807) is 25.7 Å². The maximum atomic E-state index is 12.5. The van der Waals surface area contributed by atoms with Gasteiger partial charge in [0, 0.05) is 13.1 Å². The van der Waals surface area contributed by atoms with Crippen LogP contribution in [-0.2, 0) is 14.3 Å². The number of likely N-dealkylation sites (tertiary alicyclic amines) is 1. The first-order valence-corrected chi connectivity index (χ1v) is 9.63. The van der Waals surface area contributed by atoms with E-state index in [9.17, 15) is 14.4 Å². The van der Waals surface area contributed by atoms with Gasteiger partial charge < -0.3 is 20.3 Å². The van der Waals surface area contributed by atoms with Gasteiger partial charge in [0.25, 0.3) is 0 Å². The van der Waals surface area contributed by atoms with E-state index in [1.807, 2.05) is 13.8 Å². The molecule has 1 atom stereocenters. The van der Waals surface area contributed by atoms with E-state index in [-0.39, 0.29) is 24.4 Å². The van der Waals surface area contributed by atoms with Gasteiger partial charge in [-0.3, -0.25) is 9.59 Å². The Hall–Kier alpha value is -1.79. The van der Waals surface area contributed by atoms with Gasteiger partial charge in [-0.2, -0.15) is 0 Å². The molecule has 0 aromatic carbocycles. The third-order valence-corrected chi connectivity index (χ3v) is 4.04. The zero-order chi connectivity index (χ0) is 19.7. The van der Waals surface area contributed by atoms with Crippen LogP contribution in [0.5, 0.6) is 0 Å². The largest absolute Gasteiger partial charge is 0.459 e. The quantitative estimate of drug-likeness (QED) is 0.704. The number of hydrogen-bond acceptors (Lipinski definition) is 4. The summed E-state index contributed by atoms with van der Waals surface area (Å²) >= 11 is 0. The number of amides is 3. The molecule has 1 aliphatic rings. The fraction of sp³-hybridized carbons (Fsp3) is 0.842. The predicted octanol–water partition coefficient (Wildman–Crippen LogP) is 2.44. The fourth-order valence-corrected chi connectivity index (χ4v) is 2.88. The standard InChI is InChI=1S/C19H35N3O4/c1-14(2)12-15(17(24)20-13-16(23)26-19(3,4)5)21-18(25)22-10-8-6-7-9-11-22/h14-15H,6-13H2,1-5H3,(H,20,24)(H,21,25)/t15-/m0/s1. The van der Waals surface area contributed by atoms with Crippen molar-refractivity contribution in [1.82, 2.24) is 15.5 Å². The highest BCUT2D eigenvalue weighted by atomic mass is 16.6. The van der Waals surface area contributed by atoms with Crippen LogP contribution < -0.4 is 10.6 Å². The lowest BCUT2D eigenvalue weighted by Gasteiger charge is -2.26. The molecule has 1 heterocycles. The normalized spacial score (nSPS) is 16.6. The molecule has 0 spiro atoms. The molecule has 0 radical (unpaired) electrons. The molecule has 0 aromatic rings. The number of urea groups is 1. The van der Waals surface area contributed by atoms with E-state index in [0.29, 0.717) is 6.42 Å². The summed E-state index contributed by atoms with van der Waals surface area (Å²) in [5.74, 6) is -0.613. The molecule has 0 unspecified atom stereocenters. The van der Waals surface area contributed by atoms with Gasteiger partial charge in [-0.15, -0.1) is 0 Å². The first-order valence-electron chi connectivity index (χ1n) is 9.63. The molecule has 1 aliphatic heterocycles. The Morgan fingerprint density at radius 2 is 1.62 bits per heavy atom. The van der Waals surface area contributed by atoms with Crippen LogP contribution in [0.4, 0.5) is 4.79 Å². The highest BCUT2D eigenvalue weighted by Crippen LogP contribution is 2.11. The van der Waals surface area contributed by atoms with Crippen molar-refractivity contribution in [3.05, 3.63) is 0 Å². The number of ether oxygens (including phenoxy) is 1. The van der Waals surface area contributed by atoms with Crippen LogP contribution in [0.15, 0.2) is 0 Å². The molecule has 2 N–H and O–H groups in total.